The van der Waals surface area contributed by atoms with E-state index in [1.165, 1.54) is 23.0 Å². The molecule has 0 radical (unpaired) electrons. The van der Waals surface area contributed by atoms with E-state index in [-0.39, 0.29) is 5.69 Å². The Kier molecular flexibility index (Phi) is 2.99. The van der Waals surface area contributed by atoms with Gasteiger partial charge in [0.1, 0.15) is 6.20 Å². The second-order valence-corrected chi connectivity index (χ2v) is 3.19. The number of benzene rings is 1. The van der Waals surface area contributed by atoms with Gasteiger partial charge in [-0.3, -0.25) is 10.1 Å². The van der Waals surface area contributed by atoms with Crippen molar-refractivity contribution in [1.82, 2.24) is 15.0 Å². The number of nitro groups is 1. The molecule has 0 aliphatic carbocycles. The third-order valence-corrected chi connectivity index (χ3v) is 2.12. The SMILES string of the molecule is CCOc1cnnn1-c1ccc([N+](=O)[O-])cc1. The number of hydrogen-bond donors (Lipinski definition) is 0. The second-order valence-electron chi connectivity index (χ2n) is 3.19. The molecule has 7 heteroatoms. The Morgan fingerprint density at radius 3 is 2.71 bits per heavy atom. The summed E-state index contributed by atoms with van der Waals surface area (Å²) in [6, 6.07) is 6.00. The van der Waals surface area contributed by atoms with Crippen molar-refractivity contribution in [2.45, 2.75) is 6.92 Å². The zero-order valence-electron chi connectivity index (χ0n) is 9.11. The third kappa shape index (κ3) is 2.22. The highest BCUT2D eigenvalue weighted by atomic mass is 16.6. The summed E-state index contributed by atoms with van der Waals surface area (Å²) in [5.41, 5.74) is 0.698. The molecule has 0 saturated carbocycles. The Hall–Kier alpha value is -2.44. The van der Waals surface area contributed by atoms with Crippen molar-refractivity contribution in [2.24, 2.45) is 0 Å². The largest absolute Gasteiger partial charge is 0.477 e. The van der Waals surface area contributed by atoms with Gasteiger partial charge < -0.3 is 4.74 Å². The average molecular weight is 234 g/mol. The van der Waals surface area contributed by atoms with Gasteiger partial charge in [0, 0.05) is 12.1 Å². The van der Waals surface area contributed by atoms with Crippen molar-refractivity contribution < 1.29 is 9.66 Å². The zero-order valence-corrected chi connectivity index (χ0v) is 9.11. The van der Waals surface area contributed by atoms with Gasteiger partial charge in [0.05, 0.1) is 17.2 Å². The molecule has 0 amide bonds. The van der Waals surface area contributed by atoms with Crippen LogP contribution in [0, 0.1) is 10.1 Å². The highest BCUT2D eigenvalue weighted by Gasteiger charge is 2.09. The number of hydrogen-bond acceptors (Lipinski definition) is 5. The van der Waals surface area contributed by atoms with E-state index < -0.39 is 4.92 Å². The molecule has 0 fully saturated rings. The van der Waals surface area contributed by atoms with Crippen molar-refractivity contribution >= 4 is 5.69 Å². The molecule has 0 unspecified atom stereocenters. The molecule has 0 atom stereocenters. The lowest BCUT2D eigenvalue weighted by Gasteiger charge is -2.05. The molecule has 17 heavy (non-hydrogen) atoms. The van der Waals surface area contributed by atoms with E-state index in [9.17, 15) is 10.1 Å². The first-order chi connectivity index (χ1) is 8.22. The first-order valence-electron chi connectivity index (χ1n) is 5.00. The summed E-state index contributed by atoms with van der Waals surface area (Å²) >= 11 is 0. The topological polar surface area (TPSA) is 83.1 Å². The third-order valence-electron chi connectivity index (χ3n) is 2.12. The smallest absolute Gasteiger partial charge is 0.269 e. The second kappa shape index (κ2) is 4.60. The van der Waals surface area contributed by atoms with Gasteiger partial charge >= 0.3 is 0 Å². The van der Waals surface area contributed by atoms with Crippen LogP contribution in [0.25, 0.3) is 5.69 Å². The van der Waals surface area contributed by atoms with Crippen LogP contribution in [0.4, 0.5) is 5.69 Å². The molecule has 0 aliphatic heterocycles. The molecule has 0 spiro atoms. The van der Waals surface area contributed by atoms with Crippen molar-refractivity contribution in [3.8, 4) is 11.6 Å². The van der Waals surface area contributed by atoms with Gasteiger partial charge in [-0.2, -0.15) is 4.68 Å². The highest BCUT2D eigenvalue weighted by molar-refractivity contribution is 5.41. The number of non-ortho nitro benzene ring substituents is 1. The molecule has 1 aromatic heterocycles. The van der Waals surface area contributed by atoms with E-state index >= 15 is 0 Å². The van der Waals surface area contributed by atoms with Crippen LogP contribution in [0.1, 0.15) is 6.92 Å². The summed E-state index contributed by atoms with van der Waals surface area (Å²) in [6.45, 7) is 2.35. The number of nitro benzene ring substituents is 1. The van der Waals surface area contributed by atoms with Crippen LogP contribution in [0.5, 0.6) is 5.88 Å². The summed E-state index contributed by atoms with van der Waals surface area (Å²) < 4.78 is 6.79. The van der Waals surface area contributed by atoms with Gasteiger partial charge in [-0.25, -0.2) is 0 Å². The van der Waals surface area contributed by atoms with E-state index in [1.807, 2.05) is 6.92 Å². The molecular formula is C10H10N4O3. The maximum absolute atomic E-state index is 10.5. The molecule has 0 aliphatic rings. The lowest BCUT2D eigenvalue weighted by atomic mass is 10.3. The molecule has 0 N–H and O–H groups in total. The Morgan fingerprint density at radius 1 is 1.41 bits per heavy atom. The summed E-state index contributed by atoms with van der Waals surface area (Å²) in [5.74, 6) is 0.501. The quantitative estimate of drug-likeness (QED) is 0.592. The average Bonchev–Trinajstić information content (AvgIpc) is 2.78. The van der Waals surface area contributed by atoms with E-state index in [0.717, 1.165) is 0 Å². The van der Waals surface area contributed by atoms with Gasteiger partial charge in [0.15, 0.2) is 0 Å². The summed E-state index contributed by atoms with van der Waals surface area (Å²) in [6.07, 6.45) is 1.49. The van der Waals surface area contributed by atoms with Crippen molar-refractivity contribution in [1.29, 1.82) is 0 Å². The number of aromatic nitrogens is 3. The van der Waals surface area contributed by atoms with Crippen LogP contribution in [-0.4, -0.2) is 26.5 Å². The fourth-order valence-corrected chi connectivity index (χ4v) is 1.37. The van der Waals surface area contributed by atoms with E-state index in [1.54, 1.807) is 12.1 Å². The fraction of sp³-hybridized carbons (Fsp3) is 0.200. The number of rotatable bonds is 4. The van der Waals surface area contributed by atoms with Gasteiger partial charge in [0.2, 0.25) is 5.88 Å². The Labute approximate surface area is 96.8 Å². The maximum Gasteiger partial charge on any atom is 0.269 e. The normalized spacial score (nSPS) is 10.2. The molecule has 0 bridgehead atoms. The van der Waals surface area contributed by atoms with Crippen LogP contribution in [0.3, 0.4) is 0 Å². The van der Waals surface area contributed by atoms with Crippen molar-refractivity contribution in [3.63, 3.8) is 0 Å². The zero-order chi connectivity index (χ0) is 12.3. The monoisotopic (exact) mass is 234 g/mol. The van der Waals surface area contributed by atoms with Gasteiger partial charge in [-0.1, -0.05) is 5.21 Å². The van der Waals surface area contributed by atoms with Gasteiger partial charge in [-0.15, -0.1) is 5.10 Å². The molecule has 7 nitrogen and oxygen atoms in total. The van der Waals surface area contributed by atoms with Crippen LogP contribution in [0.15, 0.2) is 30.5 Å². The van der Waals surface area contributed by atoms with Crippen LogP contribution < -0.4 is 4.74 Å². The Balaban J connectivity index is 2.33. The Bertz CT molecular complexity index is 521. The van der Waals surface area contributed by atoms with Crippen molar-refractivity contribution in [3.05, 3.63) is 40.6 Å². The Morgan fingerprint density at radius 2 is 2.12 bits per heavy atom. The lowest BCUT2D eigenvalue weighted by Crippen LogP contribution is -2.02. The summed E-state index contributed by atoms with van der Waals surface area (Å²) in [4.78, 5) is 10.1. The summed E-state index contributed by atoms with van der Waals surface area (Å²) in [5, 5.41) is 18.1. The van der Waals surface area contributed by atoms with E-state index in [0.29, 0.717) is 18.2 Å². The summed E-state index contributed by atoms with van der Waals surface area (Å²) in [7, 11) is 0. The molecule has 2 rings (SSSR count). The number of nitrogens with zero attached hydrogens (tertiary/aromatic N) is 4. The highest BCUT2D eigenvalue weighted by Crippen LogP contribution is 2.18. The number of ether oxygens (including phenoxy) is 1. The first kappa shape index (κ1) is 11.1. The first-order valence-corrected chi connectivity index (χ1v) is 5.00. The molecule has 88 valence electrons. The molecular weight excluding hydrogens is 224 g/mol. The van der Waals surface area contributed by atoms with Crippen LogP contribution in [0.2, 0.25) is 0 Å². The molecule has 1 aromatic carbocycles. The molecule has 2 aromatic rings. The minimum absolute atomic E-state index is 0.0341. The fourth-order valence-electron chi connectivity index (χ4n) is 1.37. The molecule has 1 heterocycles. The minimum atomic E-state index is -0.450. The standard InChI is InChI=1S/C10H10N4O3/c1-2-17-10-7-11-12-13(10)8-3-5-9(6-4-8)14(15)16/h3-7H,2H2,1H3. The van der Waals surface area contributed by atoms with Crippen LogP contribution >= 0.6 is 0 Å². The van der Waals surface area contributed by atoms with E-state index in [2.05, 4.69) is 10.3 Å². The van der Waals surface area contributed by atoms with E-state index in [4.69, 9.17) is 4.74 Å². The lowest BCUT2D eigenvalue weighted by molar-refractivity contribution is -0.384. The van der Waals surface area contributed by atoms with Crippen molar-refractivity contribution in [2.75, 3.05) is 6.61 Å². The predicted octanol–water partition coefficient (Wildman–Crippen LogP) is 1.57. The maximum atomic E-state index is 10.5. The molecule has 0 saturated heterocycles. The predicted molar refractivity (Wildman–Crippen MR) is 59.2 cm³/mol. The van der Waals surface area contributed by atoms with Gasteiger partial charge in [0.25, 0.3) is 5.69 Å². The van der Waals surface area contributed by atoms with Gasteiger partial charge in [-0.05, 0) is 19.1 Å². The van der Waals surface area contributed by atoms with Crippen LogP contribution in [-0.2, 0) is 0 Å². The minimum Gasteiger partial charge on any atom is -0.477 e.